The molecule has 2 unspecified atom stereocenters. The van der Waals surface area contributed by atoms with E-state index in [1.165, 1.54) is 29.5 Å². The molecule has 2 aromatic carbocycles. The van der Waals surface area contributed by atoms with Crippen LogP contribution in [0.5, 0.6) is 0 Å². The number of carbonyl (C=O) groups is 2. The number of aromatic nitrogens is 2. The van der Waals surface area contributed by atoms with Crippen LogP contribution in [0.4, 0.5) is 9.52 Å². The summed E-state index contributed by atoms with van der Waals surface area (Å²) in [5.74, 6) is -1.90. The van der Waals surface area contributed by atoms with Crippen molar-refractivity contribution in [2.24, 2.45) is 5.92 Å². The molecule has 0 aliphatic rings. The lowest BCUT2D eigenvalue weighted by Crippen LogP contribution is -2.47. The number of hydrogen-bond acceptors (Lipinski definition) is 5. The van der Waals surface area contributed by atoms with E-state index in [4.69, 9.17) is 11.6 Å². The molecule has 1 aromatic heterocycles. The number of benzene rings is 2. The molecule has 0 saturated heterocycles. The number of hydrogen-bond donors (Lipinski definition) is 2. The van der Waals surface area contributed by atoms with Crippen molar-refractivity contribution in [3.8, 4) is 10.6 Å². The zero-order valence-corrected chi connectivity index (χ0v) is 17.9. The van der Waals surface area contributed by atoms with Crippen molar-refractivity contribution in [2.75, 3.05) is 5.32 Å². The minimum Gasteiger partial charge on any atom is -0.340 e. The molecule has 30 heavy (non-hydrogen) atoms. The van der Waals surface area contributed by atoms with Crippen molar-refractivity contribution in [1.29, 1.82) is 0 Å². The van der Waals surface area contributed by atoms with Gasteiger partial charge in [-0.2, -0.15) is 0 Å². The van der Waals surface area contributed by atoms with Crippen LogP contribution in [-0.4, -0.2) is 28.1 Å². The minimum absolute atomic E-state index is 0.112. The van der Waals surface area contributed by atoms with Crippen LogP contribution in [0.2, 0.25) is 5.02 Å². The summed E-state index contributed by atoms with van der Waals surface area (Å²) in [5.41, 5.74) is 0.711. The van der Waals surface area contributed by atoms with Gasteiger partial charge in [0, 0.05) is 10.6 Å². The highest BCUT2D eigenvalue weighted by molar-refractivity contribution is 7.18. The molecule has 0 aliphatic carbocycles. The summed E-state index contributed by atoms with van der Waals surface area (Å²) in [4.78, 5) is 25.4. The average molecular weight is 447 g/mol. The average Bonchev–Trinajstić information content (AvgIpc) is 3.20. The minimum atomic E-state index is -0.856. The first-order chi connectivity index (χ1) is 14.4. The lowest BCUT2D eigenvalue weighted by molar-refractivity contribution is -0.119. The fourth-order valence-corrected chi connectivity index (χ4v) is 3.61. The Bertz CT molecular complexity index is 1040. The number of amides is 2. The van der Waals surface area contributed by atoms with Crippen molar-refractivity contribution in [1.82, 2.24) is 15.5 Å². The van der Waals surface area contributed by atoms with Gasteiger partial charge < -0.3 is 5.32 Å². The molecule has 0 bridgehead atoms. The Labute approximate surface area is 182 Å². The summed E-state index contributed by atoms with van der Waals surface area (Å²) >= 11 is 7.10. The summed E-state index contributed by atoms with van der Waals surface area (Å²) in [6.07, 6.45) is 0.641. The topological polar surface area (TPSA) is 84.0 Å². The van der Waals surface area contributed by atoms with E-state index in [1.807, 2.05) is 26.0 Å². The van der Waals surface area contributed by atoms with Gasteiger partial charge in [0.05, 0.1) is 5.56 Å². The monoisotopic (exact) mass is 446 g/mol. The second-order valence-corrected chi connectivity index (χ2v) is 8.14. The van der Waals surface area contributed by atoms with Crippen LogP contribution in [0.3, 0.4) is 0 Å². The van der Waals surface area contributed by atoms with Gasteiger partial charge in [0.25, 0.3) is 5.91 Å². The molecule has 0 radical (unpaired) electrons. The van der Waals surface area contributed by atoms with Gasteiger partial charge in [0.2, 0.25) is 11.0 Å². The van der Waals surface area contributed by atoms with Crippen molar-refractivity contribution in [3.05, 3.63) is 64.9 Å². The standard InChI is InChI=1S/C21H20ClFN4O2S/c1-3-12(2)17(24-18(28)15-6-4-5-7-16(15)23)19(29)25-21-27-26-20(30-21)13-8-10-14(22)11-9-13/h4-12,17H,3H2,1-2H3,(H,24,28)(H,25,27,29). The van der Waals surface area contributed by atoms with E-state index in [-0.39, 0.29) is 11.5 Å². The smallest absolute Gasteiger partial charge is 0.254 e. The number of rotatable bonds is 7. The molecule has 2 amide bonds. The Morgan fingerprint density at radius 2 is 1.83 bits per heavy atom. The van der Waals surface area contributed by atoms with E-state index >= 15 is 0 Å². The molecular formula is C21H20ClFN4O2S. The SMILES string of the molecule is CCC(C)C(NC(=O)c1ccccc1F)C(=O)Nc1nnc(-c2ccc(Cl)cc2)s1. The van der Waals surface area contributed by atoms with Gasteiger partial charge in [0.1, 0.15) is 16.9 Å². The van der Waals surface area contributed by atoms with E-state index in [1.54, 1.807) is 18.2 Å². The van der Waals surface area contributed by atoms with E-state index in [0.29, 0.717) is 21.6 Å². The molecule has 156 valence electrons. The zero-order valence-electron chi connectivity index (χ0n) is 16.4. The highest BCUT2D eigenvalue weighted by Gasteiger charge is 2.28. The van der Waals surface area contributed by atoms with Crippen molar-refractivity contribution < 1.29 is 14.0 Å². The molecule has 6 nitrogen and oxygen atoms in total. The fourth-order valence-electron chi connectivity index (χ4n) is 2.73. The van der Waals surface area contributed by atoms with E-state index < -0.39 is 23.7 Å². The maximum Gasteiger partial charge on any atom is 0.254 e. The first kappa shape index (κ1) is 21.9. The molecular weight excluding hydrogens is 427 g/mol. The van der Waals surface area contributed by atoms with Crippen LogP contribution in [0.1, 0.15) is 30.6 Å². The third-order valence-electron chi connectivity index (χ3n) is 4.65. The van der Waals surface area contributed by atoms with Crippen LogP contribution in [0.15, 0.2) is 48.5 Å². The van der Waals surface area contributed by atoms with Gasteiger partial charge in [-0.25, -0.2) is 4.39 Å². The lowest BCUT2D eigenvalue weighted by Gasteiger charge is -2.23. The first-order valence-electron chi connectivity index (χ1n) is 9.34. The number of nitrogens with zero attached hydrogens (tertiary/aromatic N) is 2. The van der Waals surface area contributed by atoms with Gasteiger partial charge in [-0.3, -0.25) is 14.9 Å². The molecule has 0 aliphatic heterocycles. The van der Waals surface area contributed by atoms with Crippen LogP contribution in [-0.2, 0) is 4.79 Å². The van der Waals surface area contributed by atoms with Crippen LogP contribution in [0, 0.1) is 11.7 Å². The maximum absolute atomic E-state index is 13.9. The summed E-state index contributed by atoms with van der Waals surface area (Å²) in [6.45, 7) is 3.74. The number of halogens is 2. The Morgan fingerprint density at radius 1 is 1.13 bits per heavy atom. The predicted molar refractivity (Wildman–Crippen MR) is 116 cm³/mol. The Balaban J connectivity index is 1.74. The van der Waals surface area contributed by atoms with E-state index in [0.717, 1.165) is 5.56 Å². The van der Waals surface area contributed by atoms with Gasteiger partial charge in [-0.15, -0.1) is 10.2 Å². The lowest BCUT2D eigenvalue weighted by atomic mass is 9.98. The Kier molecular flexibility index (Phi) is 7.12. The molecule has 3 rings (SSSR count). The first-order valence-corrected chi connectivity index (χ1v) is 10.5. The molecule has 0 spiro atoms. The van der Waals surface area contributed by atoms with Gasteiger partial charge in [-0.1, -0.05) is 67.5 Å². The largest absolute Gasteiger partial charge is 0.340 e. The molecule has 2 atom stereocenters. The second kappa shape index (κ2) is 9.77. The highest BCUT2D eigenvalue weighted by atomic mass is 35.5. The van der Waals surface area contributed by atoms with Crippen LogP contribution in [0.25, 0.3) is 10.6 Å². The van der Waals surface area contributed by atoms with Crippen molar-refractivity contribution in [3.63, 3.8) is 0 Å². The molecule has 1 heterocycles. The van der Waals surface area contributed by atoms with Crippen LogP contribution < -0.4 is 10.6 Å². The molecule has 9 heteroatoms. The number of anilines is 1. The highest BCUT2D eigenvalue weighted by Crippen LogP contribution is 2.27. The van der Waals surface area contributed by atoms with E-state index in [9.17, 15) is 14.0 Å². The molecule has 3 aromatic rings. The quantitative estimate of drug-likeness (QED) is 0.547. The Hall–Kier alpha value is -2.84. The third-order valence-corrected chi connectivity index (χ3v) is 5.79. The normalized spacial score (nSPS) is 12.8. The summed E-state index contributed by atoms with van der Waals surface area (Å²) in [5, 5.41) is 15.0. The number of nitrogens with one attached hydrogen (secondary N) is 2. The predicted octanol–water partition coefficient (Wildman–Crippen LogP) is 4.78. The summed E-state index contributed by atoms with van der Waals surface area (Å²) in [6, 6.07) is 11.9. The van der Waals surface area contributed by atoms with Crippen molar-refractivity contribution >= 4 is 39.9 Å². The number of carbonyl (C=O) groups excluding carboxylic acids is 2. The summed E-state index contributed by atoms with van der Waals surface area (Å²) in [7, 11) is 0. The van der Waals surface area contributed by atoms with Crippen LogP contribution >= 0.6 is 22.9 Å². The molecule has 2 N–H and O–H groups in total. The van der Waals surface area contributed by atoms with Gasteiger partial charge in [0.15, 0.2) is 0 Å². The fraction of sp³-hybridized carbons (Fsp3) is 0.238. The van der Waals surface area contributed by atoms with Gasteiger partial charge >= 0.3 is 0 Å². The summed E-state index contributed by atoms with van der Waals surface area (Å²) < 4.78 is 13.9. The zero-order chi connectivity index (χ0) is 21.7. The van der Waals surface area contributed by atoms with Crippen molar-refractivity contribution in [2.45, 2.75) is 26.3 Å². The third kappa shape index (κ3) is 5.20. The molecule has 0 fully saturated rings. The van der Waals surface area contributed by atoms with E-state index in [2.05, 4.69) is 20.8 Å². The maximum atomic E-state index is 13.9. The van der Waals surface area contributed by atoms with Gasteiger partial charge in [-0.05, 0) is 30.2 Å². The Morgan fingerprint density at radius 3 is 2.50 bits per heavy atom. The second-order valence-electron chi connectivity index (χ2n) is 6.73. The molecule has 0 saturated carbocycles.